The zero-order valence-corrected chi connectivity index (χ0v) is 22.0. The number of hydrogen-bond donors (Lipinski definition) is 2. The largest absolute Gasteiger partial charge is 0.493 e. The summed E-state index contributed by atoms with van der Waals surface area (Å²) in [6.45, 7) is 4.33. The fourth-order valence-corrected chi connectivity index (χ4v) is 4.34. The van der Waals surface area contributed by atoms with Crippen molar-refractivity contribution in [3.63, 3.8) is 0 Å². The van der Waals surface area contributed by atoms with Crippen molar-refractivity contribution in [2.75, 3.05) is 19.7 Å². The zero-order chi connectivity index (χ0) is 25.0. The lowest BCUT2D eigenvalue weighted by Gasteiger charge is -2.14. The van der Waals surface area contributed by atoms with Gasteiger partial charge in [-0.05, 0) is 49.1 Å². The van der Waals surface area contributed by atoms with E-state index in [4.69, 9.17) is 10.5 Å². The van der Waals surface area contributed by atoms with Gasteiger partial charge in [0.15, 0.2) is 0 Å². The van der Waals surface area contributed by atoms with Gasteiger partial charge in [0.05, 0.1) is 12.2 Å². The van der Waals surface area contributed by atoms with Crippen LogP contribution in [-0.4, -0.2) is 25.6 Å². The summed E-state index contributed by atoms with van der Waals surface area (Å²) in [5, 5.41) is 3.09. The Bertz CT molecular complexity index is 807. The predicted molar refractivity (Wildman–Crippen MR) is 149 cm³/mol. The standard InChI is InChI=1S/C31H48N2O2/c1-2-3-4-5-6-7-8-9-12-18-25-35-30-22-21-28(27-19-14-13-15-20-27)26-29(30)31(34)33-24-17-11-10-16-23-32/h13-15,19-22,26H,2-12,16-18,23-25,32H2,1H3,(H,33,34). The van der Waals surface area contributed by atoms with Crippen molar-refractivity contribution >= 4 is 5.91 Å². The highest BCUT2D eigenvalue weighted by Gasteiger charge is 2.14. The van der Waals surface area contributed by atoms with Crippen molar-refractivity contribution < 1.29 is 9.53 Å². The van der Waals surface area contributed by atoms with Gasteiger partial charge in [0.2, 0.25) is 0 Å². The van der Waals surface area contributed by atoms with E-state index < -0.39 is 0 Å². The van der Waals surface area contributed by atoms with Crippen molar-refractivity contribution in [2.45, 2.75) is 96.8 Å². The average Bonchev–Trinajstić information content (AvgIpc) is 2.89. The van der Waals surface area contributed by atoms with E-state index in [9.17, 15) is 4.79 Å². The van der Waals surface area contributed by atoms with Crippen LogP contribution in [0.15, 0.2) is 48.5 Å². The molecule has 194 valence electrons. The van der Waals surface area contributed by atoms with Crippen LogP contribution in [0.1, 0.15) is 107 Å². The molecule has 0 aliphatic heterocycles. The summed E-state index contributed by atoms with van der Waals surface area (Å²) in [7, 11) is 0. The van der Waals surface area contributed by atoms with Gasteiger partial charge >= 0.3 is 0 Å². The molecule has 0 unspecified atom stereocenters. The molecule has 35 heavy (non-hydrogen) atoms. The van der Waals surface area contributed by atoms with Crippen LogP contribution in [-0.2, 0) is 0 Å². The lowest BCUT2D eigenvalue weighted by atomic mass is 10.0. The molecule has 0 spiro atoms. The van der Waals surface area contributed by atoms with E-state index in [-0.39, 0.29) is 5.91 Å². The first-order chi connectivity index (χ1) is 17.3. The Kier molecular flexibility index (Phi) is 15.6. The molecule has 0 saturated heterocycles. The molecule has 0 radical (unpaired) electrons. The van der Waals surface area contributed by atoms with Crippen LogP contribution in [0.2, 0.25) is 0 Å². The molecule has 4 heteroatoms. The van der Waals surface area contributed by atoms with E-state index in [2.05, 4.69) is 24.4 Å². The first-order valence-electron chi connectivity index (χ1n) is 14.1. The number of benzene rings is 2. The molecule has 0 fully saturated rings. The minimum atomic E-state index is -0.0559. The van der Waals surface area contributed by atoms with Crippen molar-refractivity contribution in [1.29, 1.82) is 0 Å². The summed E-state index contributed by atoms with van der Waals surface area (Å²) in [4.78, 5) is 13.0. The first kappa shape index (κ1) is 28.9. The summed E-state index contributed by atoms with van der Waals surface area (Å²) < 4.78 is 6.11. The minimum absolute atomic E-state index is 0.0559. The molecular weight excluding hydrogens is 432 g/mol. The second-order valence-electron chi connectivity index (χ2n) is 9.57. The topological polar surface area (TPSA) is 64.3 Å². The Hall–Kier alpha value is -2.33. The van der Waals surface area contributed by atoms with Gasteiger partial charge in [0, 0.05) is 6.54 Å². The number of hydrogen-bond acceptors (Lipinski definition) is 3. The van der Waals surface area contributed by atoms with E-state index in [1.807, 2.05) is 36.4 Å². The lowest BCUT2D eigenvalue weighted by molar-refractivity contribution is 0.0948. The molecule has 0 aliphatic carbocycles. The van der Waals surface area contributed by atoms with Crippen LogP contribution >= 0.6 is 0 Å². The number of amides is 1. The van der Waals surface area contributed by atoms with Gasteiger partial charge in [0.25, 0.3) is 5.91 Å². The fourth-order valence-electron chi connectivity index (χ4n) is 4.34. The van der Waals surface area contributed by atoms with E-state index >= 15 is 0 Å². The third-order valence-electron chi connectivity index (χ3n) is 6.50. The van der Waals surface area contributed by atoms with Crippen LogP contribution in [0.3, 0.4) is 0 Å². The number of nitrogens with two attached hydrogens (primary N) is 1. The molecule has 1 amide bonds. The smallest absolute Gasteiger partial charge is 0.255 e. The van der Waals surface area contributed by atoms with E-state index in [1.165, 1.54) is 57.8 Å². The SMILES string of the molecule is CCCCCCCCCCCCOc1ccc(-c2ccccc2)cc1C(=O)NCCCCCCN. The average molecular weight is 481 g/mol. The molecule has 2 aromatic carbocycles. The lowest BCUT2D eigenvalue weighted by Crippen LogP contribution is -2.25. The quantitative estimate of drug-likeness (QED) is 0.189. The summed E-state index contributed by atoms with van der Waals surface area (Å²) in [6, 6.07) is 16.1. The van der Waals surface area contributed by atoms with Crippen LogP contribution in [0.25, 0.3) is 11.1 Å². The van der Waals surface area contributed by atoms with Crippen LogP contribution in [0, 0.1) is 0 Å². The Morgan fingerprint density at radius 3 is 2.06 bits per heavy atom. The van der Waals surface area contributed by atoms with E-state index in [1.54, 1.807) is 0 Å². The second-order valence-corrected chi connectivity index (χ2v) is 9.57. The maximum Gasteiger partial charge on any atom is 0.255 e. The Morgan fingerprint density at radius 2 is 1.37 bits per heavy atom. The molecule has 0 atom stereocenters. The third-order valence-corrected chi connectivity index (χ3v) is 6.50. The number of nitrogens with one attached hydrogen (secondary N) is 1. The molecule has 2 aromatic rings. The summed E-state index contributed by atoms with van der Waals surface area (Å²) >= 11 is 0. The summed E-state index contributed by atoms with van der Waals surface area (Å²) in [5.74, 6) is 0.626. The maximum atomic E-state index is 13.0. The van der Waals surface area contributed by atoms with Gasteiger partial charge in [-0.2, -0.15) is 0 Å². The fraction of sp³-hybridized carbons (Fsp3) is 0.581. The van der Waals surface area contributed by atoms with Gasteiger partial charge in [-0.1, -0.05) is 114 Å². The zero-order valence-electron chi connectivity index (χ0n) is 22.0. The van der Waals surface area contributed by atoms with Crippen LogP contribution in [0.4, 0.5) is 0 Å². The maximum absolute atomic E-state index is 13.0. The highest BCUT2D eigenvalue weighted by molar-refractivity contribution is 5.98. The normalized spacial score (nSPS) is 10.9. The monoisotopic (exact) mass is 480 g/mol. The molecule has 0 aromatic heterocycles. The Morgan fingerprint density at radius 1 is 0.743 bits per heavy atom. The molecule has 0 aliphatic rings. The van der Waals surface area contributed by atoms with E-state index in [0.29, 0.717) is 24.5 Å². The van der Waals surface area contributed by atoms with Crippen molar-refractivity contribution in [3.05, 3.63) is 54.1 Å². The summed E-state index contributed by atoms with van der Waals surface area (Å²) in [6.07, 6.45) is 17.2. The Balaban J connectivity index is 1.83. The first-order valence-corrected chi connectivity index (χ1v) is 14.1. The van der Waals surface area contributed by atoms with Crippen LogP contribution < -0.4 is 15.8 Å². The predicted octanol–water partition coefficient (Wildman–Crippen LogP) is 7.90. The molecule has 3 N–H and O–H groups in total. The third kappa shape index (κ3) is 12.3. The van der Waals surface area contributed by atoms with Crippen LogP contribution in [0.5, 0.6) is 5.75 Å². The highest BCUT2D eigenvalue weighted by atomic mass is 16.5. The second kappa shape index (κ2) is 18.9. The molecule has 4 nitrogen and oxygen atoms in total. The van der Waals surface area contributed by atoms with Gasteiger partial charge in [-0.3, -0.25) is 4.79 Å². The van der Waals surface area contributed by atoms with Gasteiger partial charge in [-0.25, -0.2) is 0 Å². The summed E-state index contributed by atoms with van der Waals surface area (Å²) in [5.41, 5.74) is 8.32. The number of carbonyl (C=O) groups is 1. The molecule has 0 heterocycles. The number of rotatable bonds is 20. The van der Waals surface area contributed by atoms with Gasteiger partial charge in [-0.15, -0.1) is 0 Å². The number of ether oxygens (including phenoxy) is 1. The van der Waals surface area contributed by atoms with E-state index in [0.717, 1.165) is 49.8 Å². The highest BCUT2D eigenvalue weighted by Crippen LogP contribution is 2.27. The molecular formula is C31H48N2O2. The number of unbranched alkanes of at least 4 members (excludes halogenated alkanes) is 12. The van der Waals surface area contributed by atoms with Crippen molar-refractivity contribution in [3.8, 4) is 16.9 Å². The molecule has 2 rings (SSSR count). The minimum Gasteiger partial charge on any atom is -0.493 e. The van der Waals surface area contributed by atoms with Gasteiger partial charge < -0.3 is 15.8 Å². The van der Waals surface area contributed by atoms with Crippen molar-refractivity contribution in [2.24, 2.45) is 5.73 Å². The molecule has 0 saturated carbocycles. The Labute approximate surface area is 214 Å². The van der Waals surface area contributed by atoms with Crippen molar-refractivity contribution in [1.82, 2.24) is 5.32 Å². The molecule has 0 bridgehead atoms. The van der Waals surface area contributed by atoms with Gasteiger partial charge in [0.1, 0.15) is 5.75 Å². The number of carbonyl (C=O) groups excluding carboxylic acids is 1.